The number of rotatable bonds is 2. The second-order valence-electron chi connectivity index (χ2n) is 2.72. The van der Waals surface area contributed by atoms with Crippen LogP contribution in [0.5, 0.6) is 0 Å². The summed E-state index contributed by atoms with van der Waals surface area (Å²) in [6, 6.07) is 0.960. The molecule has 0 bridgehead atoms. The van der Waals surface area contributed by atoms with Gasteiger partial charge < -0.3 is 10.8 Å². The number of aromatic nitrogens is 1. The molecule has 0 spiro atoms. The lowest BCUT2D eigenvalue weighted by Gasteiger charge is -2.14. The smallest absolute Gasteiger partial charge is 0.394 e. The Morgan fingerprint density at radius 3 is 2.64 bits per heavy atom. The average Bonchev–Trinajstić information content (AvgIpc) is 2.15. The summed E-state index contributed by atoms with van der Waals surface area (Å²) in [5.41, 5.74) is 4.05. The van der Waals surface area contributed by atoms with Gasteiger partial charge in [-0.2, -0.15) is 13.2 Å². The molecule has 0 saturated carbocycles. The molecule has 1 heterocycles. The summed E-state index contributed by atoms with van der Waals surface area (Å²) >= 11 is 0. The first-order chi connectivity index (χ1) is 6.46. The predicted octanol–water partition coefficient (Wildman–Crippen LogP) is 1.09. The van der Waals surface area contributed by atoms with Gasteiger partial charge in [0.15, 0.2) is 0 Å². The lowest BCUT2D eigenvalue weighted by molar-refractivity contribution is -0.138. The van der Waals surface area contributed by atoms with Crippen molar-refractivity contribution in [3.05, 3.63) is 29.6 Å². The van der Waals surface area contributed by atoms with Gasteiger partial charge in [0.25, 0.3) is 0 Å². The van der Waals surface area contributed by atoms with Crippen LogP contribution < -0.4 is 5.73 Å². The average molecular weight is 206 g/mol. The minimum Gasteiger partial charge on any atom is -0.394 e. The van der Waals surface area contributed by atoms with Crippen LogP contribution in [0.1, 0.15) is 17.3 Å². The van der Waals surface area contributed by atoms with E-state index in [2.05, 4.69) is 4.98 Å². The number of hydrogen-bond acceptors (Lipinski definition) is 3. The number of hydrogen-bond donors (Lipinski definition) is 2. The number of aliphatic hydroxyl groups excluding tert-OH is 1. The van der Waals surface area contributed by atoms with Gasteiger partial charge in [-0.25, -0.2) is 0 Å². The quantitative estimate of drug-likeness (QED) is 0.761. The molecule has 1 aromatic heterocycles. The van der Waals surface area contributed by atoms with Crippen molar-refractivity contribution in [3.63, 3.8) is 0 Å². The molecule has 0 aliphatic rings. The van der Waals surface area contributed by atoms with E-state index in [0.717, 1.165) is 6.07 Å². The van der Waals surface area contributed by atoms with Gasteiger partial charge in [0, 0.05) is 6.20 Å². The monoisotopic (exact) mass is 206 g/mol. The topological polar surface area (TPSA) is 59.1 Å². The molecule has 0 aliphatic heterocycles. The predicted molar refractivity (Wildman–Crippen MR) is 43.3 cm³/mol. The van der Waals surface area contributed by atoms with E-state index >= 15 is 0 Å². The highest BCUT2D eigenvalue weighted by Crippen LogP contribution is 2.32. The Morgan fingerprint density at radius 1 is 1.50 bits per heavy atom. The second-order valence-corrected chi connectivity index (χ2v) is 2.72. The Labute approximate surface area is 78.4 Å². The van der Waals surface area contributed by atoms with Crippen molar-refractivity contribution in [1.82, 2.24) is 4.98 Å². The minimum atomic E-state index is -4.49. The molecule has 0 unspecified atom stereocenters. The van der Waals surface area contributed by atoms with Crippen LogP contribution in [0.3, 0.4) is 0 Å². The molecule has 0 fully saturated rings. The molecule has 3 N–H and O–H groups in total. The molecule has 14 heavy (non-hydrogen) atoms. The fourth-order valence-electron chi connectivity index (χ4n) is 1.04. The third kappa shape index (κ3) is 2.21. The lowest BCUT2D eigenvalue weighted by Crippen LogP contribution is -2.21. The van der Waals surface area contributed by atoms with Crippen molar-refractivity contribution in [3.8, 4) is 0 Å². The summed E-state index contributed by atoms with van der Waals surface area (Å²) in [5.74, 6) is 0. The van der Waals surface area contributed by atoms with Crippen molar-refractivity contribution in [2.45, 2.75) is 12.2 Å². The Balaban J connectivity index is 3.16. The van der Waals surface area contributed by atoms with Crippen molar-refractivity contribution in [2.24, 2.45) is 5.73 Å². The highest BCUT2D eigenvalue weighted by atomic mass is 19.4. The molecular formula is C8H9F3N2O. The maximum absolute atomic E-state index is 12.4. The molecule has 0 aromatic carbocycles. The standard InChI is InChI=1S/C8H9F3N2O/c9-8(10,11)5-2-1-3-13-7(5)6(12)4-14/h1-3,6,14H,4,12H2/t6-/m1/s1. The van der Waals surface area contributed by atoms with E-state index in [1.165, 1.54) is 12.3 Å². The normalized spacial score (nSPS) is 14.1. The first kappa shape index (κ1) is 10.9. The largest absolute Gasteiger partial charge is 0.418 e. The molecule has 0 amide bonds. The van der Waals surface area contributed by atoms with E-state index in [1.807, 2.05) is 0 Å². The first-order valence-electron chi connectivity index (χ1n) is 3.85. The number of pyridine rings is 1. The van der Waals surface area contributed by atoms with E-state index in [4.69, 9.17) is 10.8 Å². The Bertz CT molecular complexity index is 314. The number of nitrogens with two attached hydrogens (primary N) is 1. The summed E-state index contributed by atoms with van der Waals surface area (Å²) in [6.07, 6.45) is -3.28. The van der Waals surface area contributed by atoms with Crippen LogP contribution in [0.25, 0.3) is 0 Å². The zero-order chi connectivity index (χ0) is 10.8. The molecule has 0 radical (unpaired) electrons. The second kappa shape index (κ2) is 3.93. The van der Waals surface area contributed by atoms with E-state index in [-0.39, 0.29) is 5.69 Å². The van der Waals surface area contributed by atoms with Gasteiger partial charge in [-0.05, 0) is 12.1 Å². The van der Waals surface area contributed by atoms with Gasteiger partial charge in [-0.15, -0.1) is 0 Å². The Hall–Kier alpha value is -1.14. The van der Waals surface area contributed by atoms with Crippen LogP contribution in [0.4, 0.5) is 13.2 Å². The maximum atomic E-state index is 12.4. The van der Waals surface area contributed by atoms with E-state index in [0.29, 0.717) is 0 Å². The van der Waals surface area contributed by atoms with Crippen molar-refractivity contribution in [2.75, 3.05) is 6.61 Å². The summed E-state index contributed by atoms with van der Waals surface area (Å²) in [5, 5.41) is 8.65. The molecular weight excluding hydrogens is 197 g/mol. The third-order valence-electron chi connectivity index (χ3n) is 1.69. The Kier molecular flexibility index (Phi) is 3.07. The zero-order valence-corrected chi connectivity index (χ0v) is 7.12. The molecule has 0 aliphatic carbocycles. The van der Waals surface area contributed by atoms with Gasteiger partial charge in [-0.3, -0.25) is 4.98 Å². The van der Waals surface area contributed by atoms with Crippen LogP contribution in [0, 0.1) is 0 Å². The van der Waals surface area contributed by atoms with Gasteiger partial charge in [-0.1, -0.05) is 0 Å². The molecule has 1 atom stereocenters. The number of nitrogens with zero attached hydrogens (tertiary/aromatic N) is 1. The lowest BCUT2D eigenvalue weighted by atomic mass is 10.1. The van der Waals surface area contributed by atoms with Crippen molar-refractivity contribution in [1.29, 1.82) is 0 Å². The highest BCUT2D eigenvalue weighted by Gasteiger charge is 2.35. The fourth-order valence-corrected chi connectivity index (χ4v) is 1.04. The third-order valence-corrected chi connectivity index (χ3v) is 1.69. The van der Waals surface area contributed by atoms with Crippen LogP contribution in [0.2, 0.25) is 0 Å². The number of alkyl halides is 3. The van der Waals surface area contributed by atoms with E-state index in [1.54, 1.807) is 0 Å². The van der Waals surface area contributed by atoms with Gasteiger partial charge >= 0.3 is 6.18 Å². The molecule has 3 nitrogen and oxygen atoms in total. The van der Waals surface area contributed by atoms with E-state index in [9.17, 15) is 13.2 Å². The van der Waals surface area contributed by atoms with Gasteiger partial charge in [0.2, 0.25) is 0 Å². The summed E-state index contributed by atoms with van der Waals surface area (Å²) < 4.78 is 37.1. The van der Waals surface area contributed by atoms with Crippen molar-refractivity contribution < 1.29 is 18.3 Å². The van der Waals surface area contributed by atoms with Gasteiger partial charge in [0.05, 0.1) is 23.9 Å². The number of halogens is 3. The fraction of sp³-hybridized carbons (Fsp3) is 0.375. The minimum absolute atomic E-state index is 0.331. The first-order valence-corrected chi connectivity index (χ1v) is 3.85. The molecule has 1 rings (SSSR count). The molecule has 78 valence electrons. The summed E-state index contributed by atoms with van der Waals surface area (Å²) in [7, 11) is 0. The van der Waals surface area contributed by atoms with Gasteiger partial charge in [0.1, 0.15) is 0 Å². The summed E-state index contributed by atoms with van der Waals surface area (Å²) in [6.45, 7) is -0.569. The van der Waals surface area contributed by atoms with Crippen LogP contribution in [-0.4, -0.2) is 16.7 Å². The Morgan fingerprint density at radius 2 is 2.14 bits per heavy atom. The van der Waals surface area contributed by atoms with Crippen molar-refractivity contribution >= 4 is 0 Å². The highest BCUT2D eigenvalue weighted by molar-refractivity contribution is 5.25. The maximum Gasteiger partial charge on any atom is 0.418 e. The summed E-state index contributed by atoms with van der Waals surface area (Å²) in [4.78, 5) is 3.51. The van der Waals surface area contributed by atoms with E-state index < -0.39 is 24.4 Å². The molecule has 6 heteroatoms. The van der Waals surface area contributed by atoms with Crippen LogP contribution >= 0.6 is 0 Å². The molecule has 0 saturated heterocycles. The zero-order valence-electron chi connectivity index (χ0n) is 7.12. The number of aliphatic hydroxyl groups is 1. The SMILES string of the molecule is N[C@H](CO)c1ncccc1C(F)(F)F. The molecule has 1 aromatic rings. The van der Waals surface area contributed by atoms with Crippen LogP contribution in [-0.2, 0) is 6.18 Å². The van der Waals surface area contributed by atoms with Crippen LogP contribution in [0.15, 0.2) is 18.3 Å².